The average molecular weight is 394 g/mol. The Balaban J connectivity index is 1.75. The van der Waals surface area contributed by atoms with E-state index in [1.807, 2.05) is 19.9 Å². The van der Waals surface area contributed by atoms with Crippen LogP contribution < -0.4 is 0 Å². The van der Waals surface area contributed by atoms with Crippen molar-refractivity contribution in [2.75, 3.05) is 26.2 Å². The van der Waals surface area contributed by atoms with Gasteiger partial charge in [0.25, 0.3) is 5.91 Å². The molecule has 1 amide bonds. The number of amides is 1. The molecule has 27 heavy (non-hydrogen) atoms. The third kappa shape index (κ3) is 3.72. The lowest BCUT2D eigenvalue weighted by Gasteiger charge is -2.34. The molecule has 1 saturated heterocycles. The van der Waals surface area contributed by atoms with Gasteiger partial charge in [-0.05, 0) is 49.2 Å². The fraction of sp³-hybridized carbons (Fsp3) is 0.316. The topological polar surface area (TPSA) is 57.7 Å². The molecule has 0 radical (unpaired) electrons. The predicted octanol–water partition coefficient (Wildman–Crippen LogP) is 2.73. The van der Waals surface area contributed by atoms with Crippen molar-refractivity contribution in [1.82, 2.24) is 9.21 Å². The number of rotatable bonds is 3. The van der Waals surface area contributed by atoms with E-state index in [1.165, 1.54) is 0 Å². The van der Waals surface area contributed by atoms with E-state index < -0.39 is 26.6 Å². The van der Waals surface area contributed by atoms with Crippen molar-refractivity contribution in [2.45, 2.75) is 18.7 Å². The number of aryl methyl sites for hydroxylation is 2. The summed E-state index contributed by atoms with van der Waals surface area (Å²) < 4.78 is 54.0. The van der Waals surface area contributed by atoms with Crippen LogP contribution in [0.3, 0.4) is 0 Å². The monoisotopic (exact) mass is 394 g/mol. The Labute approximate surface area is 157 Å². The number of carbonyl (C=O) groups is 1. The number of piperazine rings is 1. The number of sulfonamides is 1. The van der Waals surface area contributed by atoms with E-state index in [9.17, 15) is 22.0 Å². The number of hydrogen-bond acceptors (Lipinski definition) is 3. The van der Waals surface area contributed by atoms with Crippen LogP contribution in [0.4, 0.5) is 8.78 Å². The van der Waals surface area contributed by atoms with E-state index in [0.717, 1.165) is 33.6 Å². The number of nitrogens with zero attached hydrogens (tertiary/aromatic N) is 2. The Hall–Kier alpha value is -2.32. The lowest BCUT2D eigenvalue weighted by molar-refractivity contribution is 0.0697. The van der Waals surface area contributed by atoms with Crippen molar-refractivity contribution in [3.05, 3.63) is 64.7 Å². The zero-order chi connectivity index (χ0) is 19.8. The Morgan fingerprint density at radius 2 is 1.52 bits per heavy atom. The maximum atomic E-state index is 13.9. The summed E-state index contributed by atoms with van der Waals surface area (Å²) in [4.78, 5) is 13.2. The smallest absolute Gasteiger partial charge is 0.253 e. The van der Waals surface area contributed by atoms with Crippen LogP contribution in [-0.4, -0.2) is 49.7 Å². The van der Waals surface area contributed by atoms with Gasteiger partial charge >= 0.3 is 0 Å². The van der Waals surface area contributed by atoms with Crippen molar-refractivity contribution in [3.8, 4) is 0 Å². The van der Waals surface area contributed by atoms with E-state index >= 15 is 0 Å². The first-order valence-electron chi connectivity index (χ1n) is 8.52. The summed E-state index contributed by atoms with van der Waals surface area (Å²) in [5, 5.41) is 0. The second-order valence-electron chi connectivity index (χ2n) is 6.55. The van der Waals surface area contributed by atoms with Crippen LogP contribution in [0.25, 0.3) is 0 Å². The Bertz CT molecular complexity index is 964. The molecule has 1 aliphatic heterocycles. The molecular weight excluding hydrogens is 374 g/mol. The van der Waals surface area contributed by atoms with Gasteiger partial charge in [-0.3, -0.25) is 4.79 Å². The number of halogens is 2. The number of hydrogen-bond donors (Lipinski definition) is 0. The SMILES string of the molecule is Cc1ccc(C(=O)N2CCN(S(=O)(=O)c3c(F)cccc3F)CC2)cc1C. The quantitative estimate of drug-likeness (QED) is 0.804. The maximum Gasteiger partial charge on any atom is 0.253 e. The van der Waals surface area contributed by atoms with Crippen LogP contribution in [0.5, 0.6) is 0 Å². The first-order chi connectivity index (χ1) is 12.7. The molecule has 0 bridgehead atoms. The highest BCUT2D eigenvalue weighted by atomic mass is 32.2. The second kappa shape index (κ2) is 7.36. The highest BCUT2D eigenvalue weighted by Gasteiger charge is 2.34. The highest BCUT2D eigenvalue weighted by molar-refractivity contribution is 7.89. The van der Waals surface area contributed by atoms with E-state index in [4.69, 9.17) is 0 Å². The molecule has 0 aromatic heterocycles. The minimum atomic E-state index is -4.30. The average Bonchev–Trinajstić information content (AvgIpc) is 2.63. The largest absolute Gasteiger partial charge is 0.336 e. The summed E-state index contributed by atoms with van der Waals surface area (Å²) in [5.41, 5.74) is 2.61. The summed E-state index contributed by atoms with van der Waals surface area (Å²) >= 11 is 0. The molecule has 2 aromatic carbocycles. The van der Waals surface area contributed by atoms with Gasteiger partial charge in [0.2, 0.25) is 10.0 Å². The van der Waals surface area contributed by atoms with E-state index in [2.05, 4.69) is 0 Å². The van der Waals surface area contributed by atoms with Crippen molar-refractivity contribution in [1.29, 1.82) is 0 Å². The van der Waals surface area contributed by atoms with Gasteiger partial charge in [-0.15, -0.1) is 0 Å². The molecule has 0 aliphatic carbocycles. The van der Waals surface area contributed by atoms with Gasteiger partial charge in [0.05, 0.1) is 0 Å². The molecule has 8 heteroatoms. The molecule has 144 valence electrons. The summed E-state index contributed by atoms with van der Waals surface area (Å²) in [5.74, 6) is -2.43. The summed E-state index contributed by atoms with van der Waals surface area (Å²) in [7, 11) is -4.30. The molecule has 5 nitrogen and oxygen atoms in total. The van der Waals surface area contributed by atoms with Gasteiger partial charge in [0.1, 0.15) is 11.6 Å². The molecule has 1 heterocycles. The Morgan fingerprint density at radius 3 is 2.07 bits per heavy atom. The van der Waals surface area contributed by atoms with Gasteiger partial charge in [-0.2, -0.15) is 4.31 Å². The molecule has 1 fully saturated rings. The standard InChI is InChI=1S/C19H20F2N2O3S/c1-13-6-7-15(12-14(13)2)19(24)22-8-10-23(11-9-22)27(25,26)18-16(20)4-3-5-17(18)21/h3-7,12H,8-11H2,1-2H3. The fourth-order valence-corrected chi connectivity index (χ4v) is 4.58. The van der Waals surface area contributed by atoms with E-state index in [-0.39, 0.29) is 32.1 Å². The van der Waals surface area contributed by atoms with Crippen molar-refractivity contribution in [2.24, 2.45) is 0 Å². The molecule has 2 aromatic rings. The van der Waals surface area contributed by atoms with E-state index in [1.54, 1.807) is 17.0 Å². The molecular formula is C19H20F2N2O3S. The number of carbonyl (C=O) groups excluding carboxylic acids is 1. The summed E-state index contributed by atoms with van der Waals surface area (Å²) in [6, 6.07) is 8.34. The second-order valence-corrected chi connectivity index (χ2v) is 8.42. The molecule has 0 saturated carbocycles. The Kier molecular flexibility index (Phi) is 5.30. The lowest BCUT2D eigenvalue weighted by atomic mass is 10.1. The van der Waals surface area contributed by atoms with Crippen molar-refractivity contribution >= 4 is 15.9 Å². The number of benzene rings is 2. The van der Waals surface area contributed by atoms with Crippen LogP contribution in [0.1, 0.15) is 21.5 Å². The zero-order valence-corrected chi connectivity index (χ0v) is 15.9. The third-order valence-electron chi connectivity index (χ3n) is 4.80. The van der Waals surface area contributed by atoms with Gasteiger partial charge in [0.15, 0.2) is 4.90 Å². The minimum absolute atomic E-state index is 0.0211. The molecule has 0 atom stereocenters. The van der Waals surface area contributed by atoms with Crippen LogP contribution in [0.2, 0.25) is 0 Å². The minimum Gasteiger partial charge on any atom is -0.336 e. The van der Waals surface area contributed by atoms with Gasteiger partial charge in [-0.25, -0.2) is 17.2 Å². The molecule has 0 N–H and O–H groups in total. The molecule has 0 unspecified atom stereocenters. The molecule has 0 spiro atoms. The van der Waals surface area contributed by atoms with Crippen LogP contribution >= 0.6 is 0 Å². The Morgan fingerprint density at radius 1 is 0.926 bits per heavy atom. The van der Waals surface area contributed by atoms with Crippen LogP contribution in [-0.2, 0) is 10.0 Å². The van der Waals surface area contributed by atoms with Gasteiger partial charge in [0, 0.05) is 31.7 Å². The first kappa shape index (κ1) is 19.4. The first-order valence-corrected chi connectivity index (χ1v) is 9.96. The fourth-order valence-electron chi connectivity index (χ4n) is 3.05. The van der Waals surface area contributed by atoms with Gasteiger partial charge < -0.3 is 4.90 Å². The van der Waals surface area contributed by atoms with Gasteiger partial charge in [-0.1, -0.05) is 12.1 Å². The normalized spacial score (nSPS) is 15.8. The third-order valence-corrected chi connectivity index (χ3v) is 6.75. The maximum absolute atomic E-state index is 13.9. The van der Waals surface area contributed by atoms with E-state index in [0.29, 0.717) is 5.56 Å². The van der Waals surface area contributed by atoms with Crippen LogP contribution in [0, 0.1) is 25.5 Å². The van der Waals surface area contributed by atoms with Crippen molar-refractivity contribution < 1.29 is 22.0 Å². The molecule has 3 rings (SSSR count). The summed E-state index contributed by atoms with van der Waals surface area (Å²) in [6.07, 6.45) is 0. The predicted molar refractivity (Wildman–Crippen MR) is 96.9 cm³/mol. The summed E-state index contributed by atoms with van der Waals surface area (Å²) in [6.45, 7) is 4.14. The van der Waals surface area contributed by atoms with Crippen molar-refractivity contribution in [3.63, 3.8) is 0 Å². The molecule has 1 aliphatic rings. The zero-order valence-electron chi connectivity index (χ0n) is 15.1. The lowest BCUT2D eigenvalue weighted by Crippen LogP contribution is -2.50. The highest BCUT2D eigenvalue weighted by Crippen LogP contribution is 2.24. The van der Waals surface area contributed by atoms with Crippen LogP contribution in [0.15, 0.2) is 41.3 Å².